The van der Waals surface area contributed by atoms with Gasteiger partial charge in [-0.05, 0) is 99.2 Å². The van der Waals surface area contributed by atoms with E-state index in [-0.39, 0.29) is 11.5 Å². The van der Waals surface area contributed by atoms with Crippen LogP contribution in [0.25, 0.3) is 0 Å². The highest BCUT2D eigenvalue weighted by Gasteiger charge is 2.60. The van der Waals surface area contributed by atoms with Crippen molar-refractivity contribution in [2.24, 2.45) is 40.4 Å². The minimum absolute atomic E-state index is 0.0490. The van der Waals surface area contributed by atoms with E-state index in [1.807, 2.05) is 6.92 Å². The van der Waals surface area contributed by atoms with Gasteiger partial charge in [0.2, 0.25) is 0 Å². The predicted molar refractivity (Wildman–Crippen MR) is 91.9 cm³/mol. The Balaban J connectivity index is 1.61. The van der Waals surface area contributed by atoms with Gasteiger partial charge < -0.3 is 5.11 Å². The molecule has 4 rings (SSSR count). The minimum Gasteiger partial charge on any atom is -0.393 e. The van der Waals surface area contributed by atoms with Gasteiger partial charge in [-0.3, -0.25) is 4.79 Å². The summed E-state index contributed by atoms with van der Waals surface area (Å²) in [6.07, 6.45) is 10.9. The van der Waals surface area contributed by atoms with Crippen molar-refractivity contribution in [2.45, 2.75) is 84.7 Å². The van der Waals surface area contributed by atoms with Gasteiger partial charge in [0.1, 0.15) is 5.78 Å². The molecule has 4 saturated carbocycles. The van der Waals surface area contributed by atoms with Crippen molar-refractivity contribution in [3.63, 3.8) is 0 Å². The summed E-state index contributed by atoms with van der Waals surface area (Å²) in [5.41, 5.74) is 0.738. The summed E-state index contributed by atoms with van der Waals surface area (Å²) in [5.74, 6) is 3.97. The summed E-state index contributed by atoms with van der Waals surface area (Å²) in [6.45, 7) is 6.80. The number of Topliss-reactive ketones (excluding diaryl/α,β-unsaturated/α-hetero) is 1. The van der Waals surface area contributed by atoms with Crippen LogP contribution in [0, 0.1) is 40.4 Å². The third-order valence-corrected chi connectivity index (χ3v) is 9.13. The van der Waals surface area contributed by atoms with E-state index in [0.29, 0.717) is 17.1 Å². The molecule has 0 bridgehead atoms. The lowest BCUT2D eigenvalue weighted by Crippen LogP contribution is -2.54. The van der Waals surface area contributed by atoms with Crippen molar-refractivity contribution >= 4 is 5.78 Å². The summed E-state index contributed by atoms with van der Waals surface area (Å²) < 4.78 is 0. The maximum absolute atomic E-state index is 12.2. The van der Waals surface area contributed by atoms with E-state index in [9.17, 15) is 9.90 Å². The van der Waals surface area contributed by atoms with E-state index in [0.717, 1.165) is 42.9 Å². The SMILES string of the molecule is CC(=O)C1CCC2C3CCC4CC(O)CC[C@]4(C)C3CCC12C. The number of ketones is 1. The Bertz CT molecular complexity index is 500. The number of hydrogen-bond donors (Lipinski definition) is 1. The van der Waals surface area contributed by atoms with E-state index in [1.165, 1.54) is 38.5 Å². The van der Waals surface area contributed by atoms with Gasteiger partial charge in [-0.15, -0.1) is 0 Å². The molecule has 7 unspecified atom stereocenters. The first kappa shape index (κ1) is 16.1. The van der Waals surface area contributed by atoms with Crippen molar-refractivity contribution in [1.82, 2.24) is 0 Å². The molecule has 130 valence electrons. The van der Waals surface area contributed by atoms with Crippen LogP contribution in [0.2, 0.25) is 0 Å². The van der Waals surface area contributed by atoms with Crippen LogP contribution in [0.4, 0.5) is 0 Å². The molecule has 2 heteroatoms. The zero-order valence-electron chi connectivity index (χ0n) is 15.2. The molecule has 0 aromatic rings. The number of aliphatic hydroxyl groups excluding tert-OH is 1. The number of hydrogen-bond acceptors (Lipinski definition) is 2. The monoisotopic (exact) mass is 318 g/mol. The van der Waals surface area contributed by atoms with Gasteiger partial charge in [-0.1, -0.05) is 13.8 Å². The van der Waals surface area contributed by atoms with Gasteiger partial charge >= 0.3 is 0 Å². The summed E-state index contributed by atoms with van der Waals surface area (Å²) in [7, 11) is 0. The van der Waals surface area contributed by atoms with Crippen LogP contribution in [0.3, 0.4) is 0 Å². The Kier molecular flexibility index (Phi) is 3.72. The van der Waals surface area contributed by atoms with Crippen LogP contribution >= 0.6 is 0 Å². The Morgan fingerprint density at radius 2 is 1.61 bits per heavy atom. The second kappa shape index (κ2) is 5.31. The molecule has 0 spiro atoms. The molecule has 4 fully saturated rings. The Labute approximate surface area is 141 Å². The van der Waals surface area contributed by atoms with E-state index in [4.69, 9.17) is 0 Å². The van der Waals surface area contributed by atoms with Gasteiger partial charge in [0, 0.05) is 5.92 Å². The number of fused-ring (bicyclic) bond motifs is 5. The van der Waals surface area contributed by atoms with Crippen LogP contribution in [0.15, 0.2) is 0 Å². The molecule has 4 aliphatic carbocycles. The zero-order chi connectivity index (χ0) is 16.4. The highest BCUT2D eigenvalue weighted by molar-refractivity contribution is 5.79. The Morgan fingerprint density at radius 3 is 2.35 bits per heavy atom. The molecule has 0 aromatic carbocycles. The van der Waals surface area contributed by atoms with Gasteiger partial charge in [0.05, 0.1) is 6.10 Å². The second-order valence-electron chi connectivity index (χ2n) is 9.87. The van der Waals surface area contributed by atoms with Gasteiger partial charge in [0.25, 0.3) is 0 Å². The largest absolute Gasteiger partial charge is 0.393 e. The van der Waals surface area contributed by atoms with Crippen LogP contribution < -0.4 is 0 Å². The van der Waals surface area contributed by atoms with Crippen molar-refractivity contribution in [1.29, 1.82) is 0 Å². The number of aliphatic hydroxyl groups is 1. The molecule has 1 N–H and O–H groups in total. The molecular weight excluding hydrogens is 284 g/mol. The predicted octanol–water partition coefficient (Wildman–Crippen LogP) is 4.60. The highest BCUT2D eigenvalue weighted by Crippen LogP contribution is 2.67. The van der Waals surface area contributed by atoms with Crippen molar-refractivity contribution in [3.05, 3.63) is 0 Å². The molecule has 2 nitrogen and oxygen atoms in total. The molecule has 8 atom stereocenters. The number of carbonyl (C=O) groups is 1. The van der Waals surface area contributed by atoms with E-state index in [1.54, 1.807) is 0 Å². The molecule has 0 saturated heterocycles. The highest BCUT2D eigenvalue weighted by atomic mass is 16.3. The average Bonchev–Trinajstić information content (AvgIpc) is 2.85. The molecule has 0 aromatic heterocycles. The van der Waals surface area contributed by atoms with Crippen LogP contribution in [-0.2, 0) is 4.79 Å². The smallest absolute Gasteiger partial charge is 0.133 e. The molecule has 0 aliphatic heterocycles. The average molecular weight is 319 g/mol. The lowest BCUT2D eigenvalue weighted by Gasteiger charge is -2.60. The van der Waals surface area contributed by atoms with E-state index >= 15 is 0 Å². The third kappa shape index (κ3) is 2.19. The fraction of sp³-hybridized carbons (Fsp3) is 0.952. The summed E-state index contributed by atoms with van der Waals surface area (Å²) in [5, 5.41) is 10.1. The fourth-order valence-corrected chi connectivity index (χ4v) is 7.90. The maximum atomic E-state index is 12.2. The molecule has 23 heavy (non-hydrogen) atoms. The lowest BCUT2D eigenvalue weighted by molar-refractivity contribution is -0.138. The second-order valence-corrected chi connectivity index (χ2v) is 9.87. The first-order chi connectivity index (χ1) is 10.9. The maximum Gasteiger partial charge on any atom is 0.133 e. The van der Waals surface area contributed by atoms with Crippen molar-refractivity contribution < 1.29 is 9.90 Å². The normalized spacial score (nSPS) is 55.7. The van der Waals surface area contributed by atoms with Crippen molar-refractivity contribution in [3.8, 4) is 0 Å². The Hall–Kier alpha value is -0.370. The van der Waals surface area contributed by atoms with Gasteiger partial charge in [-0.2, -0.15) is 0 Å². The number of rotatable bonds is 1. The molecule has 0 heterocycles. The zero-order valence-corrected chi connectivity index (χ0v) is 15.2. The standard InChI is InChI=1S/C21H34O2/c1-13(22)17-6-7-18-16-5-4-14-12-15(23)8-10-20(14,2)19(16)9-11-21(17,18)3/h14-19,23H,4-12H2,1-3H3/t14?,15?,16?,17?,18?,19?,20-,21?/m0/s1. The minimum atomic E-state index is -0.0490. The lowest BCUT2D eigenvalue weighted by atomic mass is 9.44. The van der Waals surface area contributed by atoms with Crippen LogP contribution in [-0.4, -0.2) is 17.0 Å². The number of carbonyl (C=O) groups excluding carboxylic acids is 1. The van der Waals surface area contributed by atoms with E-state index < -0.39 is 0 Å². The molecule has 0 radical (unpaired) electrons. The van der Waals surface area contributed by atoms with Gasteiger partial charge in [0.15, 0.2) is 0 Å². The van der Waals surface area contributed by atoms with Crippen LogP contribution in [0.1, 0.15) is 78.6 Å². The molecule has 4 aliphatic rings. The fourth-order valence-electron chi connectivity index (χ4n) is 7.90. The first-order valence-electron chi connectivity index (χ1n) is 10.0. The quantitative estimate of drug-likeness (QED) is 0.767. The topological polar surface area (TPSA) is 37.3 Å². The van der Waals surface area contributed by atoms with E-state index in [2.05, 4.69) is 13.8 Å². The molecule has 0 amide bonds. The summed E-state index contributed by atoms with van der Waals surface area (Å²) >= 11 is 0. The summed E-state index contributed by atoms with van der Waals surface area (Å²) in [6, 6.07) is 0. The third-order valence-electron chi connectivity index (χ3n) is 9.13. The van der Waals surface area contributed by atoms with Crippen LogP contribution in [0.5, 0.6) is 0 Å². The van der Waals surface area contributed by atoms with Gasteiger partial charge in [-0.25, -0.2) is 0 Å². The molecular formula is C21H34O2. The Morgan fingerprint density at radius 1 is 0.913 bits per heavy atom. The summed E-state index contributed by atoms with van der Waals surface area (Å²) in [4.78, 5) is 12.2. The van der Waals surface area contributed by atoms with Crippen molar-refractivity contribution in [2.75, 3.05) is 0 Å². The first-order valence-corrected chi connectivity index (χ1v) is 10.0.